The van der Waals surface area contributed by atoms with E-state index in [1.54, 1.807) is 7.11 Å². The maximum absolute atomic E-state index is 12.1. The molecule has 23 heavy (non-hydrogen) atoms. The number of likely N-dealkylation sites (tertiary alicyclic amines) is 1. The van der Waals surface area contributed by atoms with Crippen molar-refractivity contribution in [2.45, 2.75) is 31.8 Å². The Labute approximate surface area is 135 Å². The first-order chi connectivity index (χ1) is 11.2. The van der Waals surface area contributed by atoms with Gasteiger partial charge in [0.25, 0.3) is 0 Å². The Balaban J connectivity index is 1.34. The zero-order valence-corrected chi connectivity index (χ0v) is 13.3. The number of hydrogen-bond donors (Lipinski definition) is 2. The molecule has 2 atom stereocenters. The zero-order chi connectivity index (χ0) is 15.8. The smallest absolute Gasteiger partial charge is 0.234 e. The Hall–Kier alpha value is -2.08. The van der Waals surface area contributed by atoms with E-state index in [1.165, 1.54) is 19.3 Å². The third kappa shape index (κ3) is 2.91. The minimum absolute atomic E-state index is 0.0792. The molecule has 0 radical (unpaired) electrons. The summed E-state index contributed by atoms with van der Waals surface area (Å²) in [5.41, 5.74) is 1.80. The summed E-state index contributed by atoms with van der Waals surface area (Å²) in [6.45, 7) is 2.02. The number of amides is 1. The fourth-order valence-electron chi connectivity index (χ4n) is 3.90. The zero-order valence-electron chi connectivity index (χ0n) is 13.3. The van der Waals surface area contributed by atoms with E-state index in [2.05, 4.69) is 20.2 Å². The number of piperidine rings is 1. The Bertz CT molecular complexity index is 726. The summed E-state index contributed by atoms with van der Waals surface area (Å²) in [6.07, 6.45) is 3.87. The van der Waals surface area contributed by atoms with Gasteiger partial charge in [0, 0.05) is 18.7 Å². The van der Waals surface area contributed by atoms with Crippen molar-refractivity contribution in [3.63, 3.8) is 0 Å². The number of carbonyl (C=O) groups excluding carboxylic acids is 1. The van der Waals surface area contributed by atoms with Crippen LogP contribution in [-0.2, 0) is 11.3 Å². The number of carbonyl (C=O) groups is 1. The molecule has 6 nitrogen and oxygen atoms in total. The van der Waals surface area contributed by atoms with Gasteiger partial charge >= 0.3 is 0 Å². The summed E-state index contributed by atoms with van der Waals surface area (Å²) >= 11 is 0. The quantitative estimate of drug-likeness (QED) is 0.881. The van der Waals surface area contributed by atoms with Crippen LogP contribution in [0.2, 0.25) is 0 Å². The van der Waals surface area contributed by atoms with Crippen molar-refractivity contribution in [2.24, 2.45) is 5.92 Å². The number of rotatable bonds is 5. The van der Waals surface area contributed by atoms with Crippen molar-refractivity contribution < 1.29 is 9.53 Å². The van der Waals surface area contributed by atoms with Gasteiger partial charge in [0.05, 0.1) is 31.2 Å². The van der Waals surface area contributed by atoms with Gasteiger partial charge in [-0.25, -0.2) is 4.98 Å². The van der Waals surface area contributed by atoms with Crippen molar-refractivity contribution in [1.82, 2.24) is 20.2 Å². The van der Waals surface area contributed by atoms with E-state index in [0.717, 1.165) is 35.1 Å². The number of aromatic amines is 1. The number of fused-ring (bicyclic) bond motifs is 3. The number of ether oxygens (including phenoxy) is 1. The summed E-state index contributed by atoms with van der Waals surface area (Å²) in [6, 6.07) is 6.34. The average molecular weight is 314 g/mol. The molecule has 2 heterocycles. The van der Waals surface area contributed by atoms with Crippen LogP contribution in [0.4, 0.5) is 0 Å². The first-order valence-corrected chi connectivity index (χ1v) is 8.24. The molecule has 0 spiro atoms. The van der Waals surface area contributed by atoms with Crippen LogP contribution in [0.5, 0.6) is 5.75 Å². The predicted molar refractivity (Wildman–Crippen MR) is 87.2 cm³/mol. The molecule has 1 amide bonds. The molecule has 2 N–H and O–H groups in total. The number of methoxy groups -OCH3 is 1. The standard InChI is InChI=1S/C17H22N4O2/c1-23-13-4-5-14-15(7-13)20-16(19-14)8-18-17(22)10-21-9-11-2-3-12(21)6-11/h4-5,7,11-12H,2-3,6,8-10H2,1H3,(H,18,22)(H,19,20)/t11-,12+/m1/s1. The highest BCUT2D eigenvalue weighted by Gasteiger charge is 2.38. The Kier molecular flexibility index (Phi) is 3.69. The number of aromatic nitrogens is 2. The molecule has 2 fully saturated rings. The van der Waals surface area contributed by atoms with Gasteiger partial charge in [-0.05, 0) is 37.3 Å². The maximum atomic E-state index is 12.1. The van der Waals surface area contributed by atoms with Crippen LogP contribution in [-0.4, -0.2) is 47.0 Å². The molecule has 2 aromatic rings. The topological polar surface area (TPSA) is 70.2 Å². The molecular weight excluding hydrogens is 292 g/mol. The fraction of sp³-hybridized carbons (Fsp3) is 0.529. The lowest BCUT2D eigenvalue weighted by molar-refractivity contribution is -0.122. The van der Waals surface area contributed by atoms with Gasteiger partial charge in [-0.1, -0.05) is 0 Å². The van der Waals surface area contributed by atoms with Gasteiger partial charge in [0.1, 0.15) is 11.6 Å². The number of hydrogen-bond acceptors (Lipinski definition) is 4. The summed E-state index contributed by atoms with van der Waals surface area (Å²) in [4.78, 5) is 22.2. The summed E-state index contributed by atoms with van der Waals surface area (Å²) in [7, 11) is 1.64. The van der Waals surface area contributed by atoms with E-state index in [1.807, 2.05) is 18.2 Å². The average Bonchev–Trinajstić information content (AvgIpc) is 3.26. The van der Waals surface area contributed by atoms with Crippen LogP contribution in [0.1, 0.15) is 25.1 Å². The van der Waals surface area contributed by atoms with E-state index in [0.29, 0.717) is 19.1 Å². The second kappa shape index (κ2) is 5.85. The van der Waals surface area contributed by atoms with Crippen molar-refractivity contribution in [3.05, 3.63) is 24.0 Å². The number of imidazole rings is 1. The Morgan fingerprint density at radius 1 is 1.48 bits per heavy atom. The number of nitrogens with zero attached hydrogens (tertiary/aromatic N) is 2. The molecule has 0 unspecified atom stereocenters. The summed E-state index contributed by atoms with van der Waals surface area (Å²) in [5.74, 6) is 2.46. The number of nitrogens with one attached hydrogen (secondary N) is 2. The van der Waals surface area contributed by atoms with Crippen LogP contribution in [0.25, 0.3) is 11.0 Å². The lowest BCUT2D eigenvalue weighted by atomic mass is 10.1. The molecule has 2 bridgehead atoms. The van der Waals surface area contributed by atoms with Gasteiger partial charge in [-0.2, -0.15) is 0 Å². The molecule has 1 saturated heterocycles. The molecule has 1 aliphatic heterocycles. The maximum Gasteiger partial charge on any atom is 0.234 e. The molecule has 122 valence electrons. The highest BCUT2D eigenvalue weighted by Crippen LogP contribution is 2.36. The van der Waals surface area contributed by atoms with Crippen LogP contribution in [0, 0.1) is 5.92 Å². The Morgan fingerprint density at radius 3 is 3.13 bits per heavy atom. The van der Waals surface area contributed by atoms with Gasteiger partial charge in [-0.3, -0.25) is 9.69 Å². The van der Waals surface area contributed by atoms with Crippen molar-refractivity contribution >= 4 is 16.9 Å². The van der Waals surface area contributed by atoms with Gasteiger partial charge < -0.3 is 15.0 Å². The second-order valence-corrected chi connectivity index (χ2v) is 6.61. The molecule has 1 aliphatic carbocycles. The van der Waals surface area contributed by atoms with Gasteiger partial charge in [-0.15, -0.1) is 0 Å². The minimum Gasteiger partial charge on any atom is -0.497 e. The van der Waals surface area contributed by atoms with Gasteiger partial charge in [0.2, 0.25) is 5.91 Å². The summed E-state index contributed by atoms with van der Waals surface area (Å²) < 4.78 is 5.21. The highest BCUT2D eigenvalue weighted by atomic mass is 16.5. The van der Waals surface area contributed by atoms with E-state index < -0.39 is 0 Å². The third-order valence-electron chi connectivity index (χ3n) is 5.06. The molecule has 2 aliphatic rings. The van der Waals surface area contributed by atoms with E-state index >= 15 is 0 Å². The molecular formula is C17H22N4O2. The van der Waals surface area contributed by atoms with E-state index in [4.69, 9.17) is 4.74 Å². The Morgan fingerprint density at radius 2 is 2.39 bits per heavy atom. The third-order valence-corrected chi connectivity index (χ3v) is 5.06. The largest absolute Gasteiger partial charge is 0.497 e. The van der Waals surface area contributed by atoms with Crippen LogP contribution in [0.15, 0.2) is 18.2 Å². The van der Waals surface area contributed by atoms with Gasteiger partial charge in [0.15, 0.2) is 0 Å². The molecule has 1 saturated carbocycles. The van der Waals surface area contributed by atoms with Crippen LogP contribution < -0.4 is 10.1 Å². The highest BCUT2D eigenvalue weighted by molar-refractivity contribution is 5.79. The predicted octanol–water partition coefficient (Wildman–Crippen LogP) is 1.67. The van der Waals surface area contributed by atoms with E-state index in [9.17, 15) is 4.79 Å². The first-order valence-electron chi connectivity index (χ1n) is 8.24. The molecule has 6 heteroatoms. The first kappa shape index (κ1) is 14.5. The molecule has 4 rings (SSSR count). The summed E-state index contributed by atoms with van der Waals surface area (Å²) in [5, 5.41) is 2.97. The molecule has 1 aromatic carbocycles. The minimum atomic E-state index is 0.0792. The monoisotopic (exact) mass is 314 g/mol. The fourth-order valence-corrected chi connectivity index (χ4v) is 3.90. The number of H-pyrrole nitrogens is 1. The van der Waals surface area contributed by atoms with Crippen molar-refractivity contribution in [3.8, 4) is 5.75 Å². The van der Waals surface area contributed by atoms with Crippen LogP contribution >= 0.6 is 0 Å². The van der Waals surface area contributed by atoms with Crippen molar-refractivity contribution in [2.75, 3.05) is 20.2 Å². The van der Waals surface area contributed by atoms with E-state index in [-0.39, 0.29) is 5.91 Å². The lowest BCUT2D eigenvalue weighted by Gasteiger charge is -2.25. The SMILES string of the molecule is COc1ccc2nc(CNC(=O)CN3C[C@@H]4CC[C@H]3C4)[nH]c2c1. The van der Waals surface area contributed by atoms with Crippen LogP contribution in [0.3, 0.4) is 0 Å². The van der Waals surface area contributed by atoms with Crippen molar-refractivity contribution in [1.29, 1.82) is 0 Å². The number of benzene rings is 1. The molecule has 1 aromatic heterocycles. The lowest BCUT2D eigenvalue weighted by Crippen LogP contribution is -2.41. The second-order valence-electron chi connectivity index (χ2n) is 6.61. The normalized spacial score (nSPS) is 23.5.